The Morgan fingerprint density at radius 2 is 2.00 bits per heavy atom. The third-order valence-corrected chi connectivity index (χ3v) is 2.88. The highest BCUT2D eigenvalue weighted by Crippen LogP contribution is 2.26. The van der Waals surface area contributed by atoms with E-state index in [2.05, 4.69) is 9.97 Å². The molecule has 7 heteroatoms. The number of methoxy groups -OCH3 is 2. The number of anilines is 1. The molecule has 2 rings (SSSR count). The molecular weight excluding hydrogens is 238 g/mol. The molecule has 0 bridgehead atoms. The van der Waals surface area contributed by atoms with E-state index in [1.165, 1.54) is 14.2 Å². The molecule has 0 unspecified atom stereocenters. The fourth-order valence-electron chi connectivity index (χ4n) is 1.99. The van der Waals surface area contributed by atoms with Crippen molar-refractivity contribution in [3.63, 3.8) is 0 Å². The summed E-state index contributed by atoms with van der Waals surface area (Å²) in [6.45, 7) is 0.618. The van der Waals surface area contributed by atoms with Gasteiger partial charge in [0, 0.05) is 6.54 Å². The van der Waals surface area contributed by atoms with Crippen molar-refractivity contribution in [1.29, 1.82) is 0 Å². The van der Waals surface area contributed by atoms with E-state index < -0.39 is 12.0 Å². The molecule has 1 aromatic heterocycles. The fraction of sp³-hybridized carbons (Fsp3) is 0.545. The third kappa shape index (κ3) is 2.29. The molecular formula is C11H15N3O4. The Morgan fingerprint density at radius 3 is 2.50 bits per heavy atom. The highest BCUT2D eigenvalue weighted by atomic mass is 16.5. The SMILES string of the molecule is COc1cc(OC)nc(N2CCC[C@H]2C(=O)O)n1. The van der Waals surface area contributed by atoms with Crippen molar-refractivity contribution in [3.8, 4) is 11.8 Å². The van der Waals surface area contributed by atoms with E-state index >= 15 is 0 Å². The largest absolute Gasteiger partial charge is 0.481 e. The maximum Gasteiger partial charge on any atom is 0.326 e. The molecule has 1 N–H and O–H groups in total. The number of aliphatic carboxylic acids is 1. The molecule has 0 aromatic carbocycles. The van der Waals surface area contributed by atoms with Gasteiger partial charge >= 0.3 is 5.97 Å². The Kier molecular flexibility index (Phi) is 3.50. The smallest absolute Gasteiger partial charge is 0.326 e. The van der Waals surface area contributed by atoms with Gasteiger partial charge in [-0.05, 0) is 12.8 Å². The standard InChI is InChI=1S/C11H15N3O4/c1-17-8-6-9(18-2)13-11(12-8)14-5-3-4-7(14)10(15)16/h6-7H,3-5H2,1-2H3,(H,15,16)/t7-/m0/s1. The molecule has 1 aliphatic heterocycles. The van der Waals surface area contributed by atoms with Gasteiger partial charge in [0.15, 0.2) is 0 Å². The van der Waals surface area contributed by atoms with Crippen LogP contribution in [-0.4, -0.2) is 47.8 Å². The van der Waals surface area contributed by atoms with Gasteiger partial charge in [-0.1, -0.05) is 0 Å². The Labute approximate surface area is 104 Å². The number of aromatic nitrogens is 2. The van der Waals surface area contributed by atoms with Gasteiger partial charge in [-0.2, -0.15) is 9.97 Å². The van der Waals surface area contributed by atoms with Gasteiger partial charge in [-0.15, -0.1) is 0 Å². The van der Waals surface area contributed by atoms with Crippen LogP contribution in [0, 0.1) is 0 Å². The minimum absolute atomic E-state index is 0.330. The van der Waals surface area contributed by atoms with E-state index in [0.717, 1.165) is 6.42 Å². The van der Waals surface area contributed by atoms with Gasteiger partial charge in [-0.25, -0.2) is 4.79 Å². The molecule has 18 heavy (non-hydrogen) atoms. The zero-order valence-electron chi connectivity index (χ0n) is 10.3. The summed E-state index contributed by atoms with van der Waals surface area (Å²) in [5.74, 6) is 0.176. The molecule has 0 spiro atoms. The Bertz CT molecular complexity index is 430. The molecule has 0 aliphatic carbocycles. The van der Waals surface area contributed by atoms with Crippen molar-refractivity contribution in [3.05, 3.63) is 6.07 Å². The van der Waals surface area contributed by atoms with Gasteiger partial charge in [0.1, 0.15) is 6.04 Å². The normalized spacial score (nSPS) is 18.8. The molecule has 1 fully saturated rings. The monoisotopic (exact) mass is 253 g/mol. The molecule has 1 aliphatic rings. The minimum atomic E-state index is -0.863. The Morgan fingerprint density at radius 1 is 1.39 bits per heavy atom. The van der Waals surface area contributed by atoms with Crippen LogP contribution in [0.25, 0.3) is 0 Å². The lowest BCUT2D eigenvalue weighted by Crippen LogP contribution is -2.37. The summed E-state index contributed by atoms with van der Waals surface area (Å²) in [6.07, 6.45) is 1.40. The molecule has 0 radical (unpaired) electrons. The van der Waals surface area contributed by atoms with Gasteiger partial charge in [0.05, 0.1) is 20.3 Å². The van der Waals surface area contributed by atoms with E-state index in [1.807, 2.05) is 0 Å². The Balaban J connectivity index is 2.34. The third-order valence-electron chi connectivity index (χ3n) is 2.88. The zero-order valence-corrected chi connectivity index (χ0v) is 10.3. The van der Waals surface area contributed by atoms with E-state index in [-0.39, 0.29) is 0 Å². The van der Waals surface area contributed by atoms with Crippen molar-refractivity contribution in [1.82, 2.24) is 9.97 Å². The fourth-order valence-corrected chi connectivity index (χ4v) is 1.99. The number of rotatable bonds is 4. The van der Waals surface area contributed by atoms with Crippen LogP contribution in [0.3, 0.4) is 0 Å². The Hall–Kier alpha value is -2.05. The molecule has 7 nitrogen and oxygen atoms in total. The predicted octanol–water partition coefficient (Wildman–Crippen LogP) is 0.547. The minimum Gasteiger partial charge on any atom is -0.481 e. The molecule has 0 saturated carbocycles. The van der Waals surface area contributed by atoms with E-state index in [1.54, 1.807) is 11.0 Å². The highest BCUT2D eigenvalue weighted by Gasteiger charge is 2.32. The summed E-state index contributed by atoms with van der Waals surface area (Å²) in [7, 11) is 2.98. The second kappa shape index (κ2) is 5.07. The van der Waals surface area contributed by atoms with Crippen molar-refractivity contribution in [2.45, 2.75) is 18.9 Å². The number of nitrogens with zero attached hydrogens (tertiary/aromatic N) is 3. The van der Waals surface area contributed by atoms with Crippen LogP contribution in [0.5, 0.6) is 11.8 Å². The van der Waals surface area contributed by atoms with Crippen molar-refractivity contribution in [2.24, 2.45) is 0 Å². The first-order chi connectivity index (χ1) is 8.65. The van der Waals surface area contributed by atoms with Crippen LogP contribution in [0.2, 0.25) is 0 Å². The summed E-state index contributed by atoms with van der Waals surface area (Å²) >= 11 is 0. The summed E-state index contributed by atoms with van der Waals surface area (Å²) in [4.78, 5) is 21.1. The quantitative estimate of drug-likeness (QED) is 0.838. The van der Waals surface area contributed by atoms with E-state index in [9.17, 15) is 4.79 Å². The molecule has 2 heterocycles. The number of carbonyl (C=O) groups is 1. The lowest BCUT2D eigenvalue weighted by molar-refractivity contribution is -0.138. The average Bonchev–Trinajstić information content (AvgIpc) is 2.87. The van der Waals surface area contributed by atoms with Crippen molar-refractivity contribution >= 4 is 11.9 Å². The topological polar surface area (TPSA) is 84.8 Å². The molecule has 1 saturated heterocycles. The van der Waals surface area contributed by atoms with Gasteiger partial charge in [-0.3, -0.25) is 0 Å². The van der Waals surface area contributed by atoms with Crippen LogP contribution >= 0.6 is 0 Å². The first kappa shape index (κ1) is 12.4. The number of ether oxygens (including phenoxy) is 2. The zero-order chi connectivity index (χ0) is 13.1. The molecule has 1 aromatic rings. The maximum atomic E-state index is 11.1. The highest BCUT2D eigenvalue weighted by molar-refractivity contribution is 5.78. The second-order valence-electron chi connectivity index (χ2n) is 3.94. The molecule has 98 valence electrons. The number of hydrogen-bond acceptors (Lipinski definition) is 6. The summed E-state index contributed by atoms with van der Waals surface area (Å²) in [5.41, 5.74) is 0. The van der Waals surface area contributed by atoms with E-state index in [4.69, 9.17) is 14.6 Å². The lowest BCUT2D eigenvalue weighted by atomic mass is 10.2. The van der Waals surface area contributed by atoms with Crippen molar-refractivity contribution < 1.29 is 19.4 Å². The van der Waals surface area contributed by atoms with Crippen LogP contribution in [0.1, 0.15) is 12.8 Å². The van der Waals surface area contributed by atoms with Crippen LogP contribution in [-0.2, 0) is 4.79 Å². The molecule has 1 atom stereocenters. The summed E-state index contributed by atoms with van der Waals surface area (Å²) < 4.78 is 10.1. The lowest BCUT2D eigenvalue weighted by Gasteiger charge is -2.21. The average molecular weight is 253 g/mol. The summed E-state index contributed by atoms with van der Waals surface area (Å²) in [5, 5.41) is 9.14. The van der Waals surface area contributed by atoms with Crippen LogP contribution in [0.15, 0.2) is 6.07 Å². The van der Waals surface area contributed by atoms with Crippen molar-refractivity contribution in [2.75, 3.05) is 25.7 Å². The van der Waals surface area contributed by atoms with Gasteiger partial charge in [0.2, 0.25) is 17.7 Å². The van der Waals surface area contributed by atoms with Gasteiger partial charge in [0.25, 0.3) is 0 Å². The predicted molar refractivity (Wildman–Crippen MR) is 63.1 cm³/mol. The first-order valence-electron chi connectivity index (χ1n) is 5.62. The van der Waals surface area contributed by atoms with Crippen LogP contribution < -0.4 is 14.4 Å². The van der Waals surface area contributed by atoms with Gasteiger partial charge < -0.3 is 19.5 Å². The number of hydrogen-bond donors (Lipinski definition) is 1. The number of carboxylic acids is 1. The van der Waals surface area contributed by atoms with Crippen LogP contribution in [0.4, 0.5) is 5.95 Å². The van der Waals surface area contributed by atoms with E-state index in [0.29, 0.717) is 30.7 Å². The summed E-state index contributed by atoms with van der Waals surface area (Å²) in [6, 6.07) is 0.969. The molecule has 0 amide bonds. The second-order valence-corrected chi connectivity index (χ2v) is 3.94. The maximum absolute atomic E-state index is 11.1. The number of carboxylic acid groups (broad SMARTS) is 1. The first-order valence-corrected chi connectivity index (χ1v) is 5.62.